The van der Waals surface area contributed by atoms with E-state index in [9.17, 15) is 0 Å². The first-order valence-corrected chi connectivity index (χ1v) is 17.7. The molecule has 3 nitrogen and oxygen atoms in total. The summed E-state index contributed by atoms with van der Waals surface area (Å²) in [5.74, 6) is 1.79. The Balaban J connectivity index is 1.29. The van der Waals surface area contributed by atoms with Crippen LogP contribution < -0.4 is 14.4 Å². The molecule has 3 aliphatic rings. The highest BCUT2D eigenvalue weighted by Gasteiger charge is 2.50. The summed E-state index contributed by atoms with van der Waals surface area (Å²) >= 11 is 0. The van der Waals surface area contributed by atoms with Gasteiger partial charge in [0.25, 0.3) is 0 Å². The van der Waals surface area contributed by atoms with Gasteiger partial charge in [0.2, 0.25) is 0 Å². The summed E-state index contributed by atoms with van der Waals surface area (Å²) < 4.78 is 15.1. The zero-order valence-electron chi connectivity index (χ0n) is 29.2. The normalized spacial score (nSPS) is 19.3. The van der Waals surface area contributed by atoms with Crippen molar-refractivity contribution in [1.29, 1.82) is 0 Å². The van der Waals surface area contributed by atoms with E-state index in [4.69, 9.17) is 9.47 Å². The lowest BCUT2D eigenvalue weighted by Crippen LogP contribution is -2.36. The zero-order chi connectivity index (χ0) is 34.5. The number of benzene rings is 7. The van der Waals surface area contributed by atoms with Gasteiger partial charge in [0.05, 0.1) is 0 Å². The summed E-state index contributed by atoms with van der Waals surface area (Å²) in [5.41, 5.74) is 10.8. The molecule has 0 bridgehead atoms. The standard InChI is InChI=1S/C48H37NO2/c1-30-14-22-38-41(28-30)46-40(25-27-47(51-46,34-11-6-5-7-12-34)35-18-20-36(21-19-35)49(3)4)44-43(38)39-23-15-31(2)29-42(39)48(44)26-24-33-17-16-32-10-8-9-13-37(32)45(33)50-48/h5-29H,1-4H3. The number of ether oxygens (including phenoxy) is 2. The lowest BCUT2D eigenvalue weighted by molar-refractivity contribution is 0.155. The highest BCUT2D eigenvalue weighted by Crippen LogP contribution is 2.61. The molecule has 10 rings (SSSR count). The van der Waals surface area contributed by atoms with Crippen molar-refractivity contribution in [2.75, 3.05) is 19.0 Å². The van der Waals surface area contributed by atoms with Crippen molar-refractivity contribution in [3.05, 3.63) is 184 Å². The van der Waals surface area contributed by atoms with E-state index in [-0.39, 0.29) is 0 Å². The van der Waals surface area contributed by atoms with Gasteiger partial charge in [-0.3, -0.25) is 0 Å². The van der Waals surface area contributed by atoms with Crippen LogP contribution in [0.5, 0.6) is 11.5 Å². The maximum atomic E-state index is 7.60. The van der Waals surface area contributed by atoms with Gasteiger partial charge < -0.3 is 14.4 Å². The number of anilines is 1. The van der Waals surface area contributed by atoms with Crippen molar-refractivity contribution in [2.24, 2.45) is 0 Å². The molecule has 1 aliphatic carbocycles. The van der Waals surface area contributed by atoms with E-state index in [0.717, 1.165) is 72.1 Å². The Labute approximate surface area is 298 Å². The number of fused-ring (bicyclic) bond motifs is 13. The zero-order valence-corrected chi connectivity index (χ0v) is 29.2. The molecule has 246 valence electrons. The molecule has 0 fully saturated rings. The molecule has 0 saturated carbocycles. The minimum atomic E-state index is -0.856. The molecule has 0 aromatic heterocycles. The third-order valence-electron chi connectivity index (χ3n) is 11.1. The molecule has 2 aliphatic heterocycles. The molecule has 7 aromatic carbocycles. The van der Waals surface area contributed by atoms with Crippen molar-refractivity contribution in [3.8, 4) is 22.6 Å². The fourth-order valence-corrected chi connectivity index (χ4v) is 8.60. The van der Waals surface area contributed by atoms with Gasteiger partial charge in [0, 0.05) is 63.9 Å². The van der Waals surface area contributed by atoms with Crippen molar-refractivity contribution < 1.29 is 9.47 Å². The van der Waals surface area contributed by atoms with Crippen LogP contribution in [0.4, 0.5) is 5.69 Å². The fraction of sp³-hybridized carbons (Fsp3) is 0.125. The second-order valence-corrected chi connectivity index (χ2v) is 14.4. The van der Waals surface area contributed by atoms with Crippen molar-refractivity contribution in [3.63, 3.8) is 0 Å². The average Bonchev–Trinajstić information content (AvgIpc) is 3.43. The van der Waals surface area contributed by atoms with Crippen molar-refractivity contribution >= 4 is 39.4 Å². The topological polar surface area (TPSA) is 21.7 Å². The molecule has 0 radical (unpaired) electrons. The first kappa shape index (κ1) is 29.8. The Bertz CT molecular complexity index is 2630. The maximum Gasteiger partial charge on any atom is 0.180 e. The molecule has 2 unspecified atom stereocenters. The van der Waals surface area contributed by atoms with Crippen LogP contribution in [0.25, 0.3) is 44.8 Å². The number of nitrogens with zero attached hydrogens (tertiary/aromatic N) is 1. The lowest BCUT2D eigenvalue weighted by atomic mass is 9.79. The largest absolute Gasteiger partial charge is 0.472 e. The van der Waals surface area contributed by atoms with Gasteiger partial charge in [-0.1, -0.05) is 132 Å². The monoisotopic (exact) mass is 659 g/mol. The van der Waals surface area contributed by atoms with Crippen LogP contribution in [-0.2, 0) is 11.2 Å². The minimum Gasteiger partial charge on any atom is -0.472 e. The lowest BCUT2D eigenvalue weighted by Gasteiger charge is -2.40. The fourth-order valence-electron chi connectivity index (χ4n) is 8.60. The van der Waals surface area contributed by atoms with Gasteiger partial charge in [-0.2, -0.15) is 0 Å². The van der Waals surface area contributed by atoms with Gasteiger partial charge in [-0.15, -0.1) is 0 Å². The molecular formula is C48H37NO2. The third-order valence-corrected chi connectivity index (χ3v) is 11.1. The summed E-state index contributed by atoms with van der Waals surface area (Å²) in [6.45, 7) is 4.33. The Morgan fingerprint density at radius 1 is 0.549 bits per heavy atom. The van der Waals surface area contributed by atoms with Crippen molar-refractivity contribution in [1.82, 2.24) is 0 Å². The van der Waals surface area contributed by atoms with Gasteiger partial charge in [-0.25, -0.2) is 0 Å². The first-order chi connectivity index (χ1) is 24.9. The van der Waals surface area contributed by atoms with Crippen LogP contribution in [0, 0.1) is 13.8 Å². The van der Waals surface area contributed by atoms with Gasteiger partial charge >= 0.3 is 0 Å². The molecule has 51 heavy (non-hydrogen) atoms. The van der Waals surface area contributed by atoms with Crippen LogP contribution in [0.15, 0.2) is 140 Å². The second kappa shape index (κ2) is 10.7. The van der Waals surface area contributed by atoms with E-state index >= 15 is 0 Å². The molecule has 0 amide bonds. The van der Waals surface area contributed by atoms with E-state index in [1.807, 2.05) is 0 Å². The molecule has 0 N–H and O–H groups in total. The van der Waals surface area contributed by atoms with E-state index in [0.29, 0.717) is 0 Å². The molecular weight excluding hydrogens is 623 g/mol. The van der Waals surface area contributed by atoms with E-state index < -0.39 is 11.2 Å². The van der Waals surface area contributed by atoms with Crippen LogP contribution in [0.1, 0.15) is 44.5 Å². The number of hydrogen-bond donors (Lipinski definition) is 0. The average molecular weight is 660 g/mol. The van der Waals surface area contributed by atoms with E-state index in [2.05, 4.69) is 185 Å². The van der Waals surface area contributed by atoms with Crippen LogP contribution in [0.2, 0.25) is 0 Å². The van der Waals surface area contributed by atoms with Crippen LogP contribution in [0.3, 0.4) is 0 Å². The molecule has 2 atom stereocenters. The van der Waals surface area contributed by atoms with Crippen molar-refractivity contribution in [2.45, 2.75) is 25.0 Å². The summed E-state index contributed by atoms with van der Waals surface area (Å²) in [6, 6.07) is 45.8. The molecule has 0 saturated heterocycles. The quantitative estimate of drug-likeness (QED) is 0.188. The van der Waals surface area contributed by atoms with Crippen LogP contribution in [-0.4, -0.2) is 14.1 Å². The summed E-state index contributed by atoms with van der Waals surface area (Å²) in [4.78, 5) is 2.13. The molecule has 3 heteroatoms. The molecule has 7 aromatic rings. The first-order valence-electron chi connectivity index (χ1n) is 17.7. The predicted molar refractivity (Wildman–Crippen MR) is 211 cm³/mol. The predicted octanol–water partition coefficient (Wildman–Crippen LogP) is 11.4. The molecule has 1 spiro atoms. The summed E-state index contributed by atoms with van der Waals surface area (Å²) in [7, 11) is 4.14. The maximum absolute atomic E-state index is 7.60. The minimum absolute atomic E-state index is 0.842. The van der Waals surface area contributed by atoms with Crippen LogP contribution >= 0.6 is 0 Å². The number of aryl methyl sites for hydroxylation is 2. The Morgan fingerprint density at radius 3 is 2.08 bits per heavy atom. The Hall–Kier alpha value is -6.06. The SMILES string of the molecule is Cc1ccc2c(c1)C1(C=Cc3ccc4ccccc4c3O1)c1c3c(c4cc(C)ccc4c1-2)OC(c1ccccc1)(c1ccc(N(C)C)cc1)C=C3. The highest BCUT2D eigenvalue weighted by molar-refractivity contribution is 6.09. The van der Waals surface area contributed by atoms with Gasteiger partial charge in [0.15, 0.2) is 11.2 Å². The second-order valence-electron chi connectivity index (χ2n) is 14.4. The summed E-state index contributed by atoms with van der Waals surface area (Å²) in [6.07, 6.45) is 9.10. The summed E-state index contributed by atoms with van der Waals surface area (Å²) in [5, 5.41) is 4.55. The number of hydrogen-bond acceptors (Lipinski definition) is 3. The Kier molecular flexibility index (Phi) is 6.27. The van der Waals surface area contributed by atoms with Gasteiger partial charge in [0.1, 0.15) is 11.5 Å². The van der Waals surface area contributed by atoms with E-state index in [1.165, 1.54) is 22.3 Å². The smallest absolute Gasteiger partial charge is 0.180 e. The highest BCUT2D eigenvalue weighted by atomic mass is 16.5. The number of rotatable bonds is 3. The van der Waals surface area contributed by atoms with E-state index in [1.54, 1.807) is 0 Å². The Morgan fingerprint density at radius 2 is 1.25 bits per heavy atom. The molecule has 2 heterocycles. The third kappa shape index (κ3) is 4.18. The van der Waals surface area contributed by atoms with Gasteiger partial charge in [-0.05, 0) is 66.1 Å².